The van der Waals surface area contributed by atoms with E-state index in [0.717, 1.165) is 11.3 Å². The van der Waals surface area contributed by atoms with Gasteiger partial charge in [0.1, 0.15) is 12.3 Å². The monoisotopic (exact) mass is 296 g/mol. The van der Waals surface area contributed by atoms with Gasteiger partial charge in [-0.1, -0.05) is 0 Å². The average Bonchev–Trinajstić information content (AvgIpc) is 2.43. The van der Waals surface area contributed by atoms with Crippen LogP contribution in [0.15, 0.2) is 18.2 Å². The van der Waals surface area contributed by atoms with Gasteiger partial charge in [-0.15, -0.1) is 0 Å². The number of carboxylic acid groups (broad SMARTS) is 1. The Morgan fingerprint density at radius 1 is 1.33 bits per heavy atom. The molecular weight excluding hydrogens is 276 g/mol. The normalized spacial score (nSPS) is 10.0. The highest BCUT2D eigenvalue weighted by Crippen LogP contribution is 2.21. The number of amides is 2. The molecule has 0 bridgehead atoms. The molecule has 0 aliphatic rings. The van der Waals surface area contributed by atoms with Gasteiger partial charge in [-0.25, -0.2) is 4.79 Å². The lowest BCUT2D eigenvalue weighted by atomic mass is 10.2. The third-order valence-electron chi connectivity index (χ3n) is 2.82. The molecule has 0 saturated heterocycles. The van der Waals surface area contributed by atoms with Crippen molar-refractivity contribution in [3.63, 3.8) is 0 Å². The maximum Gasteiger partial charge on any atom is 0.323 e. The lowest BCUT2D eigenvalue weighted by Crippen LogP contribution is -2.40. The van der Waals surface area contributed by atoms with Crippen molar-refractivity contribution in [2.45, 2.75) is 6.92 Å². The number of hydrogen-bond acceptors (Lipinski definition) is 4. The molecule has 0 atom stereocenters. The molecule has 0 unspecified atom stereocenters. The van der Waals surface area contributed by atoms with E-state index in [9.17, 15) is 9.59 Å². The van der Waals surface area contributed by atoms with Crippen molar-refractivity contribution in [3.05, 3.63) is 23.8 Å². The highest BCUT2D eigenvalue weighted by molar-refractivity contribution is 5.91. The molecule has 0 aliphatic heterocycles. The van der Waals surface area contributed by atoms with Gasteiger partial charge >= 0.3 is 12.0 Å². The Balaban J connectivity index is 2.75. The minimum Gasteiger partial charge on any atom is -0.496 e. The van der Waals surface area contributed by atoms with Crippen LogP contribution in [0.2, 0.25) is 0 Å². The number of nitrogens with one attached hydrogen (secondary N) is 1. The van der Waals surface area contributed by atoms with Crippen LogP contribution in [0.5, 0.6) is 5.75 Å². The Kier molecular flexibility index (Phi) is 6.48. The third-order valence-corrected chi connectivity index (χ3v) is 2.82. The molecule has 1 aromatic rings. The molecule has 1 rings (SSSR count). The van der Waals surface area contributed by atoms with Gasteiger partial charge in [-0.3, -0.25) is 4.79 Å². The van der Waals surface area contributed by atoms with E-state index in [1.165, 1.54) is 12.0 Å². The van der Waals surface area contributed by atoms with Crippen molar-refractivity contribution in [1.29, 1.82) is 0 Å². The lowest BCUT2D eigenvalue weighted by molar-refractivity contribution is -0.137. The van der Waals surface area contributed by atoms with Crippen LogP contribution in [0.4, 0.5) is 10.5 Å². The van der Waals surface area contributed by atoms with Gasteiger partial charge in [-0.2, -0.15) is 0 Å². The molecule has 0 fully saturated rings. The quantitative estimate of drug-likeness (QED) is 0.797. The summed E-state index contributed by atoms with van der Waals surface area (Å²) < 4.78 is 10.0. The molecule has 0 aliphatic carbocycles. The predicted molar refractivity (Wildman–Crippen MR) is 77.8 cm³/mol. The number of carboxylic acids is 1. The molecule has 2 amide bonds. The summed E-state index contributed by atoms with van der Waals surface area (Å²) in [5.41, 5.74) is 1.45. The second kappa shape index (κ2) is 8.11. The molecule has 7 nitrogen and oxygen atoms in total. The van der Waals surface area contributed by atoms with Crippen LogP contribution in [-0.2, 0) is 9.53 Å². The third kappa shape index (κ3) is 5.31. The van der Waals surface area contributed by atoms with Crippen molar-refractivity contribution >= 4 is 17.7 Å². The second-order valence-electron chi connectivity index (χ2n) is 4.42. The van der Waals surface area contributed by atoms with Crippen LogP contribution in [0.25, 0.3) is 0 Å². The molecule has 21 heavy (non-hydrogen) atoms. The highest BCUT2D eigenvalue weighted by Gasteiger charge is 2.16. The van der Waals surface area contributed by atoms with Crippen molar-refractivity contribution in [2.75, 3.05) is 39.2 Å². The summed E-state index contributed by atoms with van der Waals surface area (Å²) in [5, 5.41) is 11.5. The zero-order valence-corrected chi connectivity index (χ0v) is 12.4. The number of ether oxygens (including phenoxy) is 2. The van der Waals surface area contributed by atoms with Gasteiger partial charge in [0.15, 0.2) is 0 Å². The van der Waals surface area contributed by atoms with Gasteiger partial charge in [0.2, 0.25) is 0 Å². The first-order valence-electron chi connectivity index (χ1n) is 6.39. The Morgan fingerprint density at radius 3 is 2.57 bits per heavy atom. The van der Waals surface area contributed by atoms with E-state index in [-0.39, 0.29) is 19.7 Å². The van der Waals surface area contributed by atoms with E-state index in [1.807, 2.05) is 6.92 Å². The van der Waals surface area contributed by atoms with E-state index >= 15 is 0 Å². The van der Waals surface area contributed by atoms with E-state index < -0.39 is 12.0 Å². The Labute approximate surface area is 123 Å². The van der Waals surface area contributed by atoms with E-state index in [1.54, 1.807) is 25.3 Å². The van der Waals surface area contributed by atoms with E-state index in [2.05, 4.69) is 5.32 Å². The minimum atomic E-state index is -1.08. The maximum atomic E-state index is 12.1. The number of nitrogens with zero attached hydrogens (tertiary/aromatic N) is 1. The fourth-order valence-electron chi connectivity index (χ4n) is 1.78. The van der Waals surface area contributed by atoms with Crippen molar-refractivity contribution in [3.8, 4) is 5.75 Å². The predicted octanol–water partition coefficient (Wildman–Crippen LogP) is 1.57. The molecule has 0 radical (unpaired) electrons. The molecular formula is C14H20N2O5. The van der Waals surface area contributed by atoms with Crippen LogP contribution < -0.4 is 10.1 Å². The zero-order valence-electron chi connectivity index (χ0n) is 12.4. The summed E-state index contributed by atoms with van der Waals surface area (Å²) in [5.74, 6) is -0.359. The number of aliphatic carboxylic acids is 1. The zero-order chi connectivity index (χ0) is 15.8. The van der Waals surface area contributed by atoms with Gasteiger partial charge in [0.05, 0.1) is 13.7 Å². The first-order valence-corrected chi connectivity index (χ1v) is 6.39. The molecule has 0 saturated carbocycles. The first kappa shape index (κ1) is 16.8. The summed E-state index contributed by atoms with van der Waals surface area (Å²) >= 11 is 0. The number of carbonyl (C=O) groups excluding carboxylic acids is 1. The number of anilines is 1. The molecule has 0 spiro atoms. The van der Waals surface area contributed by atoms with E-state index in [0.29, 0.717) is 5.69 Å². The molecule has 7 heteroatoms. The number of aryl methyl sites for hydroxylation is 1. The number of benzene rings is 1. The van der Waals surface area contributed by atoms with Crippen LogP contribution in [0, 0.1) is 6.92 Å². The Bertz CT molecular complexity index is 504. The summed E-state index contributed by atoms with van der Waals surface area (Å²) in [6.07, 6.45) is 0. The molecule has 0 aromatic heterocycles. The second-order valence-corrected chi connectivity index (χ2v) is 4.42. The summed E-state index contributed by atoms with van der Waals surface area (Å²) in [4.78, 5) is 24.0. The maximum absolute atomic E-state index is 12.1. The van der Waals surface area contributed by atoms with Gasteiger partial charge in [0.25, 0.3) is 0 Å². The molecule has 2 N–H and O–H groups in total. The van der Waals surface area contributed by atoms with Gasteiger partial charge in [-0.05, 0) is 30.7 Å². The average molecular weight is 296 g/mol. The van der Waals surface area contributed by atoms with Crippen LogP contribution in [0.1, 0.15) is 5.56 Å². The van der Waals surface area contributed by atoms with Crippen molar-refractivity contribution in [1.82, 2.24) is 4.90 Å². The smallest absolute Gasteiger partial charge is 0.323 e. The largest absolute Gasteiger partial charge is 0.496 e. The number of methoxy groups -OCH3 is 2. The minimum absolute atomic E-state index is 0.198. The van der Waals surface area contributed by atoms with E-state index in [4.69, 9.17) is 14.6 Å². The summed E-state index contributed by atoms with van der Waals surface area (Å²) in [7, 11) is 3.06. The molecule has 116 valence electrons. The number of carbonyl (C=O) groups is 2. The SMILES string of the molecule is COCCN(CC(=O)O)C(=O)Nc1ccc(OC)c(C)c1. The first-order chi connectivity index (χ1) is 9.97. The Morgan fingerprint density at radius 2 is 2.05 bits per heavy atom. The number of rotatable bonds is 7. The fraction of sp³-hybridized carbons (Fsp3) is 0.429. The fourth-order valence-corrected chi connectivity index (χ4v) is 1.78. The van der Waals surface area contributed by atoms with Crippen molar-refractivity contribution < 1.29 is 24.2 Å². The van der Waals surface area contributed by atoms with Crippen LogP contribution >= 0.6 is 0 Å². The van der Waals surface area contributed by atoms with Crippen LogP contribution in [0.3, 0.4) is 0 Å². The topological polar surface area (TPSA) is 88.1 Å². The van der Waals surface area contributed by atoms with Crippen molar-refractivity contribution in [2.24, 2.45) is 0 Å². The Hall–Kier alpha value is -2.28. The van der Waals surface area contributed by atoms with Gasteiger partial charge in [0, 0.05) is 19.3 Å². The standard InChI is InChI=1S/C14H20N2O5/c1-10-8-11(4-5-12(10)21-3)15-14(19)16(6-7-20-2)9-13(17)18/h4-5,8H,6-7,9H2,1-3H3,(H,15,19)(H,17,18). The van der Waals surface area contributed by atoms with Gasteiger partial charge < -0.3 is 24.8 Å². The lowest BCUT2D eigenvalue weighted by Gasteiger charge is -2.21. The molecule has 0 heterocycles. The number of urea groups is 1. The molecule has 1 aromatic carbocycles. The summed E-state index contributed by atoms with van der Waals surface area (Å²) in [6.45, 7) is 1.94. The number of hydrogen-bond donors (Lipinski definition) is 2. The van der Waals surface area contributed by atoms with Crippen LogP contribution in [-0.4, -0.2) is 55.9 Å². The highest BCUT2D eigenvalue weighted by atomic mass is 16.5. The summed E-state index contributed by atoms with van der Waals surface area (Å²) in [6, 6.07) is 4.70.